The molecule has 0 saturated carbocycles. The van der Waals surface area contributed by atoms with E-state index in [1.807, 2.05) is 78.9 Å². The number of aromatic nitrogens is 2. The SMILES string of the molecule is N#Cc1ccc2c(c1)c1cccc(C#N)c1n2-c1cccc(-c2ccc(-c3ccccc3-n3c4ccccc4c4ccccc43)c(C#N)c2)c1. The smallest absolute Gasteiger partial charge is 0.101 e. The molecule has 9 rings (SSSR count). The second-order valence-electron chi connectivity index (χ2n) is 12.3. The highest BCUT2D eigenvalue weighted by Gasteiger charge is 2.19. The van der Waals surface area contributed by atoms with Crippen LogP contribution >= 0.6 is 0 Å². The zero-order chi connectivity index (χ0) is 33.8. The highest BCUT2D eigenvalue weighted by Crippen LogP contribution is 2.39. The van der Waals surface area contributed by atoms with Crippen molar-refractivity contribution in [3.8, 4) is 51.8 Å². The van der Waals surface area contributed by atoms with Gasteiger partial charge in [0.05, 0.1) is 56.6 Å². The summed E-state index contributed by atoms with van der Waals surface area (Å²) in [5.74, 6) is 0. The summed E-state index contributed by atoms with van der Waals surface area (Å²) in [6.07, 6.45) is 0. The third kappa shape index (κ3) is 4.31. The van der Waals surface area contributed by atoms with Crippen molar-refractivity contribution >= 4 is 43.6 Å². The van der Waals surface area contributed by atoms with Gasteiger partial charge in [-0.15, -0.1) is 0 Å². The molecule has 0 aliphatic carbocycles. The van der Waals surface area contributed by atoms with Crippen LogP contribution in [-0.2, 0) is 0 Å². The molecule has 2 aromatic heterocycles. The molecule has 5 heteroatoms. The summed E-state index contributed by atoms with van der Waals surface area (Å²) >= 11 is 0. The van der Waals surface area contributed by atoms with Crippen LogP contribution in [0.2, 0.25) is 0 Å². The maximum atomic E-state index is 10.5. The minimum Gasteiger partial charge on any atom is -0.309 e. The van der Waals surface area contributed by atoms with Crippen LogP contribution in [0.3, 0.4) is 0 Å². The first-order chi connectivity index (χ1) is 24.7. The Bertz CT molecular complexity index is 2920. The van der Waals surface area contributed by atoms with E-state index in [0.717, 1.165) is 66.5 Å². The molecule has 50 heavy (non-hydrogen) atoms. The molecule has 0 amide bonds. The first kappa shape index (κ1) is 28.8. The summed E-state index contributed by atoms with van der Waals surface area (Å²) in [5, 5.41) is 34.4. The lowest BCUT2D eigenvalue weighted by molar-refractivity contribution is 1.17. The molecule has 0 fully saturated rings. The van der Waals surface area contributed by atoms with Gasteiger partial charge in [-0.05, 0) is 71.8 Å². The van der Waals surface area contributed by atoms with Gasteiger partial charge in [0.1, 0.15) is 6.07 Å². The lowest BCUT2D eigenvalue weighted by Gasteiger charge is -2.16. The van der Waals surface area contributed by atoms with E-state index in [1.54, 1.807) is 0 Å². The van der Waals surface area contributed by atoms with Gasteiger partial charge < -0.3 is 9.13 Å². The molecule has 0 bridgehead atoms. The summed E-state index contributed by atoms with van der Waals surface area (Å²) in [6, 6.07) is 57.8. The fraction of sp³-hybridized carbons (Fsp3) is 0. The molecule has 230 valence electrons. The highest BCUT2D eigenvalue weighted by atomic mass is 15.0. The van der Waals surface area contributed by atoms with E-state index in [1.165, 1.54) is 10.8 Å². The molecule has 9 aromatic rings. The quantitative estimate of drug-likeness (QED) is 0.193. The van der Waals surface area contributed by atoms with Crippen LogP contribution in [-0.4, -0.2) is 9.13 Å². The number of hydrogen-bond donors (Lipinski definition) is 0. The second kappa shape index (κ2) is 11.4. The van der Waals surface area contributed by atoms with Crippen molar-refractivity contribution in [2.45, 2.75) is 0 Å². The van der Waals surface area contributed by atoms with Gasteiger partial charge >= 0.3 is 0 Å². The third-order valence-electron chi connectivity index (χ3n) is 9.63. The molecule has 0 aliphatic rings. The molecule has 0 unspecified atom stereocenters. The normalized spacial score (nSPS) is 11.1. The van der Waals surface area contributed by atoms with Gasteiger partial charge in [0, 0.05) is 38.4 Å². The molecule has 2 heterocycles. The summed E-state index contributed by atoms with van der Waals surface area (Å²) < 4.78 is 4.38. The van der Waals surface area contributed by atoms with Gasteiger partial charge in [-0.2, -0.15) is 15.8 Å². The van der Waals surface area contributed by atoms with Gasteiger partial charge in [0.25, 0.3) is 0 Å². The van der Waals surface area contributed by atoms with Crippen molar-refractivity contribution in [3.05, 3.63) is 168 Å². The molecule has 0 spiro atoms. The van der Waals surface area contributed by atoms with Gasteiger partial charge in [-0.1, -0.05) is 91.0 Å². The van der Waals surface area contributed by atoms with Crippen LogP contribution in [0.5, 0.6) is 0 Å². The Morgan fingerprint density at radius 2 is 1.06 bits per heavy atom. The Hall–Kier alpha value is -7.39. The van der Waals surface area contributed by atoms with Crippen LogP contribution in [0.25, 0.3) is 77.2 Å². The molecule has 0 saturated heterocycles. The van der Waals surface area contributed by atoms with Crippen LogP contribution in [0, 0.1) is 34.0 Å². The molecule has 0 radical (unpaired) electrons. The minimum atomic E-state index is 0.556. The third-order valence-corrected chi connectivity index (χ3v) is 9.63. The first-order valence-electron chi connectivity index (χ1n) is 16.3. The number of fused-ring (bicyclic) bond motifs is 6. The van der Waals surface area contributed by atoms with E-state index in [9.17, 15) is 15.8 Å². The molecule has 0 aliphatic heterocycles. The van der Waals surface area contributed by atoms with Gasteiger partial charge in [0.15, 0.2) is 0 Å². The number of para-hydroxylation sites is 4. The Labute approximate surface area is 287 Å². The maximum Gasteiger partial charge on any atom is 0.101 e. The lowest BCUT2D eigenvalue weighted by atomic mass is 9.94. The van der Waals surface area contributed by atoms with E-state index >= 15 is 0 Å². The van der Waals surface area contributed by atoms with Crippen molar-refractivity contribution in [2.24, 2.45) is 0 Å². The largest absolute Gasteiger partial charge is 0.309 e. The van der Waals surface area contributed by atoms with E-state index in [4.69, 9.17) is 0 Å². The van der Waals surface area contributed by atoms with Gasteiger partial charge in [0.2, 0.25) is 0 Å². The summed E-state index contributed by atoms with van der Waals surface area (Å²) in [7, 11) is 0. The fourth-order valence-electron chi connectivity index (χ4n) is 7.45. The molecular formula is C45H25N5. The van der Waals surface area contributed by atoms with Crippen molar-refractivity contribution in [3.63, 3.8) is 0 Å². The monoisotopic (exact) mass is 635 g/mol. The van der Waals surface area contributed by atoms with E-state index in [2.05, 4.69) is 100 Å². The van der Waals surface area contributed by atoms with E-state index < -0.39 is 0 Å². The van der Waals surface area contributed by atoms with Crippen molar-refractivity contribution < 1.29 is 0 Å². The predicted molar refractivity (Wildman–Crippen MR) is 200 cm³/mol. The minimum absolute atomic E-state index is 0.556. The zero-order valence-corrected chi connectivity index (χ0v) is 26.7. The summed E-state index contributed by atoms with van der Waals surface area (Å²) in [4.78, 5) is 0. The van der Waals surface area contributed by atoms with E-state index in [0.29, 0.717) is 16.7 Å². The highest BCUT2D eigenvalue weighted by molar-refractivity contribution is 6.12. The van der Waals surface area contributed by atoms with Crippen LogP contribution in [0.4, 0.5) is 0 Å². The number of nitrogens with zero attached hydrogens (tertiary/aromatic N) is 5. The maximum absolute atomic E-state index is 10.5. The standard InChI is InChI=1S/C45H25N5/c46-26-29-19-22-44-40(23-29)39-15-8-10-32(27-47)45(39)49(44)34-11-7-9-30(25-34)31-20-21-35(33(24-31)28-48)36-12-1-4-16-41(36)50-42-17-5-2-13-37(42)38-14-3-6-18-43(38)50/h1-25H. The van der Waals surface area contributed by atoms with Crippen LogP contribution < -0.4 is 0 Å². The average molecular weight is 636 g/mol. The fourth-order valence-corrected chi connectivity index (χ4v) is 7.45. The topological polar surface area (TPSA) is 81.2 Å². The Kier molecular flexibility index (Phi) is 6.56. The molecule has 5 nitrogen and oxygen atoms in total. The lowest BCUT2D eigenvalue weighted by Crippen LogP contribution is -1.98. The molecular weight excluding hydrogens is 611 g/mol. The predicted octanol–water partition coefficient (Wildman–Crippen LogP) is 10.8. The second-order valence-corrected chi connectivity index (χ2v) is 12.3. The zero-order valence-electron chi connectivity index (χ0n) is 26.7. The molecule has 0 N–H and O–H groups in total. The van der Waals surface area contributed by atoms with Gasteiger partial charge in [-0.3, -0.25) is 0 Å². The van der Waals surface area contributed by atoms with Crippen molar-refractivity contribution in [2.75, 3.05) is 0 Å². The first-order valence-corrected chi connectivity index (χ1v) is 16.3. The molecule has 7 aromatic carbocycles. The number of rotatable bonds is 4. The summed E-state index contributed by atoms with van der Waals surface area (Å²) in [5.41, 5.74) is 11.2. The van der Waals surface area contributed by atoms with Crippen LogP contribution in [0.1, 0.15) is 16.7 Å². The Morgan fingerprint density at radius 3 is 1.82 bits per heavy atom. The van der Waals surface area contributed by atoms with E-state index in [-0.39, 0.29) is 0 Å². The summed E-state index contributed by atoms with van der Waals surface area (Å²) in [6.45, 7) is 0. The van der Waals surface area contributed by atoms with Crippen LogP contribution in [0.15, 0.2) is 152 Å². The Morgan fingerprint density at radius 1 is 0.400 bits per heavy atom. The number of hydrogen-bond acceptors (Lipinski definition) is 3. The number of benzene rings is 7. The van der Waals surface area contributed by atoms with Crippen molar-refractivity contribution in [1.82, 2.24) is 9.13 Å². The molecule has 0 atom stereocenters. The average Bonchev–Trinajstić information content (AvgIpc) is 3.70. The number of nitriles is 3. The van der Waals surface area contributed by atoms with Gasteiger partial charge in [-0.25, -0.2) is 0 Å². The Balaban J connectivity index is 1.20. The van der Waals surface area contributed by atoms with Crippen molar-refractivity contribution in [1.29, 1.82) is 15.8 Å².